The van der Waals surface area contributed by atoms with Gasteiger partial charge in [-0.3, -0.25) is 14.7 Å². The second-order valence-corrected chi connectivity index (χ2v) is 6.83. The summed E-state index contributed by atoms with van der Waals surface area (Å²) in [7, 11) is 0. The van der Waals surface area contributed by atoms with E-state index in [-0.39, 0.29) is 5.91 Å². The highest BCUT2D eigenvalue weighted by Crippen LogP contribution is 2.26. The van der Waals surface area contributed by atoms with Crippen LogP contribution in [-0.2, 0) is 11.3 Å². The summed E-state index contributed by atoms with van der Waals surface area (Å²) >= 11 is 0. The molecule has 1 atom stereocenters. The third-order valence-corrected chi connectivity index (χ3v) is 4.89. The van der Waals surface area contributed by atoms with Crippen LogP contribution in [0.15, 0.2) is 65.4 Å². The Morgan fingerprint density at radius 3 is 2.93 bits per heavy atom. The second kappa shape index (κ2) is 8.14. The summed E-state index contributed by atoms with van der Waals surface area (Å²) in [5.41, 5.74) is 2.96. The van der Waals surface area contributed by atoms with Gasteiger partial charge in [-0.25, -0.2) is 0 Å². The predicted molar refractivity (Wildman–Crippen MR) is 102 cm³/mol. The van der Waals surface area contributed by atoms with E-state index in [2.05, 4.69) is 44.6 Å². The third kappa shape index (κ3) is 4.41. The Morgan fingerprint density at radius 2 is 2.11 bits per heavy atom. The summed E-state index contributed by atoms with van der Waals surface area (Å²) < 4.78 is 5.31. The highest BCUT2D eigenvalue weighted by Gasteiger charge is 2.25. The van der Waals surface area contributed by atoms with Gasteiger partial charge < -0.3 is 9.84 Å². The lowest BCUT2D eigenvalue weighted by Crippen LogP contribution is -2.35. The van der Waals surface area contributed by atoms with Gasteiger partial charge in [-0.05, 0) is 36.6 Å². The average Bonchev–Trinajstić information content (AvgIpc) is 3.37. The molecule has 1 aromatic carbocycles. The Hall–Kier alpha value is -2.99. The molecule has 0 bridgehead atoms. The SMILES string of the molecule is O=C(CN1CC[C@H](c2ccccc2)C1)NCc1cc(-c2cccnc2)no1. The van der Waals surface area contributed by atoms with Crippen LogP contribution in [0.4, 0.5) is 0 Å². The number of hydrogen-bond donors (Lipinski definition) is 1. The van der Waals surface area contributed by atoms with Crippen molar-refractivity contribution in [2.45, 2.75) is 18.9 Å². The molecule has 6 nitrogen and oxygen atoms in total. The summed E-state index contributed by atoms with van der Waals surface area (Å²) in [5.74, 6) is 1.14. The number of carbonyl (C=O) groups is 1. The van der Waals surface area contributed by atoms with Crippen molar-refractivity contribution >= 4 is 5.91 Å². The van der Waals surface area contributed by atoms with E-state index in [1.54, 1.807) is 12.4 Å². The van der Waals surface area contributed by atoms with Crippen LogP contribution in [0.5, 0.6) is 0 Å². The maximum atomic E-state index is 12.3. The first-order valence-electron chi connectivity index (χ1n) is 9.18. The Bertz CT molecular complexity index is 879. The number of likely N-dealkylation sites (tertiary alicyclic amines) is 1. The van der Waals surface area contributed by atoms with Gasteiger partial charge in [-0.1, -0.05) is 35.5 Å². The van der Waals surface area contributed by atoms with Gasteiger partial charge in [0.15, 0.2) is 5.76 Å². The first-order chi connectivity index (χ1) is 13.3. The summed E-state index contributed by atoms with van der Waals surface area (Å²) in [5, 5.41) is 6.95. The van der Waals surface area contributed by atoms with Crippen LogP contribution < -0.4 is 5.32 Å². The van der Waals surface area contributed by atoms with Gasteiger partial charge in [0.05, 0.1) is 13.1 Å². The Labute approximate surface area is 158 Å². The van der Waals surface area contributed by atoms with Crippen LogP contribution in [-0.4, -0.2) is 40.6 Å². The molecule has 1 aliphatic heterocycles. The Kier molecular flexibility index (Phi) is 5.25. The maximum absolute atomic E-state index is 12.3. The topological polar surface area (TPSA) is 71.3 Å². The minimum absolute atomic E-state index is 0.00281. The van der Waals surface area contributed by atoms with E-state index in [1.807, 2.05) is 24.3 Å². The number of pyridine rings is 1. The van der Waals surface area contributed by atoms with Gasteiger partial charge in [0, 0.05) is 30.6 Å². The number of nitrogens with zero attached hydrogens (tertiary/aromatic N) is 3. The van der Waals surface area contributed by atoms with Crippen LogP contribution in [0.3, 0.4) is 0 Å². The normalized spacial score (nSPS) is 17.1. The molecular formula is C21H22N4O2. The van der Waals surface area contributed by atoms with Crippen molar-refractivity contribution in [3.8, 4) is 11.3 Å². The zero-order valence-electron chi connectivity index (χ0n) is 15.0. The van der Waals surface area contributed by atoms with Crippen molar-refractivity contribution in [1.29, 1.82) is 0 Å². The molecule has 1 fully saturated rings. The second-order valence-electron chi connectivity index (χ2n) is 6.83. The van der Waals surface area contributed by atoms with E-state index in [4.69, 9.17) is 4.52 Å². The molecule has 0 radical (unpaired) electrons. The van der Waals surface area contributed by atoms with E-state index in [0.29, 0.717) is 24.8 Å². The van der Waals surface area contributed by atoms with Crippen molar-refractivity contribution in [2.75, 3.05) is 19.6 Å². The molecule has 3 heterocycles. The summed E-state index contributed by atoms with van der Waals surface area (Å²) in [6, 6.07) is 16.1. The van der Waals surface area contributed by atoms with E-state index in [9.17, 15) is 4.79 Å². The molecule has 27 heavy (non-hydrogen) atoms. The van der Waals surface area contributed by atoms with Crippen molar-refractivity contribution in [3.05, 3.63) is 72.2 Å². The standard InChI is InChI=1S/C21H22N4O2/c26-21(15-25-10-8-18(14-25)16-5-2-1-3-6-16)23-13-19-11-20(24-27-19)17-7-4-9-22-12-17/h1-7,9,11-12,18H,8,10,13-15H2,(H,23,26)/t18-/m0/s1. The van der Waals surface area contributed by atoms with Crippen LogP contribution in [0.2, 0.25) is 0 Å². The molecule has 4 rings (SSSR count). The lowest BCUT2D eigenvalue weighted by Gasteiger charge is -2.15. The van der Waals surface area contributed by atoms with E-state index in [0.717, 1.165) is 30.8 Å². The van der Waals surface area contributed by atoms with E-state index >= 15 is 0 Å². The highest BCUT2D eigenvalue weighted by molar-refractivity contribution is 5.78. The number of hydrogen-bond acceptors (Lipinski definition) is 5. The quantitative estimate of drug-likeness (QED) is 0.730. The minimum Gasteiger partial charge on any atom is -0.359 e. The molecule has 0 aliphatic carbocycles. The van der Waals surface area contributed by atoms with Crippen molar-refractivity contribution in [1.82, 2.24) is 20.4 Å². The molecule has 1 aliphatic rings. The van der Waals surface area contributed by atoms with Gasteiger partial charge in [0.25, 0.3) is 0 Å². The third-order valence-electron chi connectivity index (χ3n) is 4.89. The van der Waals surface area contributed by atoms with E-state index in [1.165, 1.54) is 5.56 Å². The van der Waals surface area contributed by atoms with Gasteiger partial charge in [-0.15, -0.1) is 0 Å². The molecule has 0 unspecified atom stereocenters. The van der Waals surface area contributed by atoms with Crippen LogP contribution in [0.1, 0.15) is 23.7 Å². The van der Waals surface area contributed by atoms with Gasteiger partial charge >= 0.3 is 0 Å². The summed E-state index contributed by atoms with van der Waals surface area (Å²) in [4.78, 5) is 18.5. The van der Waals surface area contributed by atoms with Crippen LogP contribution in [0, 0.1) is 0 Å². The zero-order valence-corrected chi connectivity index (χ0v) is 15.0. The Balaban J connectivity index is 1.25. The highest BCUT2D eigenvalue weighted by atomic mass is 16.5. The number of amides is 1. The molecule has 1 amide bonds. The smallest absolute Gasteiger partial charge is 0.234 e. The molecule has 1 N–H and O–H groups in total. The minimum atomic E-state index is 0.00281. The van der Waals surface area contributed by atoms with Crippen LogP contribution in [0.25, 0.3) is 11.3 Å². The number of benzene rings is 1. The van der Waals surface area contributed by atoms with Crippen molar-refractivity contribution in [2.24, 2.45) is 0 Å². The fourth-order valence-corrected chi connectivity index (χ4v) is 3.46. The molecule has 0 saturated carbocycles. The molecular weight excluding hydrogens is 340 g/mol. The predicted octanol–water partition coefficient (Wildman–Crippen LogP) is 2.84. The number of aromatic nitrogens is 2. The van der Waals surface area contributed by atoms with Crippen molar-refractivity contribution < 1.29 is 9.32 Å². The number of nitrogens with one attached hydrogen (secondary N) is 1. The van der Waals surface area contributed by atoms with Crippen molar-refractivity contribution in [3.63, 3.8) is 0 Å². The lowest BCUT2D eigenvalue weighted by molar-refractivity contribution is -0.122. The zero-order chi connectivity index (χ0) is 18.5. The van der Waals surface area contributed by atoms with E-state index < -0.39 is 0 Å². The first-order valence-corrected chi connectivity index (χ1v) is 9.18. The molecule has 3 aromatic rings. The molecule has 1 saturated heterocycles. The maximum Gasteiger partial charge on any atom is 0.234 e. The number of carbonyl (C=O) groups excluding carboxylic acids is 1. The summed E-state index contributed by atoms with van der Waals surface area (Å²) in [6.07, 6.45) is 4.54. The average molecular weight is 362 g/mol. The Morgan fingerprint density at radius 1 is 1.22 bits per heavy atom. The lowest BCUT2D eigenvalue weighted by atomic mass is 9.99. The molecule has 2 aromatic heterocycles. The number of rotatable bonds is 6. The molecule has 138 valence electrons. The van der Waals surface area contributed by atoms with Gasteiger partial charge in [0.2, 0.25) is 5.91 Å². The van der Waals surface area contributed by atoms with Gasteiger partial charge in [0.1, 0.15) is 5.69 Å². The first kappa shape index (κ1) is 17.4. The fraction of sp³-hybridized carbons (Fsp3) is 0.286. The monoisotopic (exact) mass is 362 g/mol. The summed E-state index contributed by atoms with van der Waals surface area (Å²) in [6.45, 7) is 2.61. The van der Waals surface area contributed by atoms with Crippen LogP contribution >= 0.6 is 0 Å². The van der Waals surface area contributed by atoms with Gasteiger partial charge in [-0.2, -0.15) is 0 Å². The molecule has 6 heteroatoms. The largest absolute Gasteiger partial charge is 0.359 e. The molecule has 0 spiro atoms. The fourth-order valence-electron chi connectivity index (χ4n) is 3.46.